The zero-order valence-electron chi connectivity index (χ0n) is 21.8. The Kier molecular flexibility index (Phi) is 12.7. The molecule has 37 heavy (non-hydrogen) atoms. The molecular weight excluding hydrogens is 492 g/mol. The van der Waals surface area contributed by atoms with Gasteiger partial charge in [-0.1, -0.05) is 18.2 Å². The van der Waals surface area contributed by atoms with Gasteiger partial charge in [-0.3, -0.25) is 0 Å². The average Bonchev–Trinajstić information content (AvgIpc) is 2.88. The van der Waals surface area contributed by atoms with Gasteiger partial charge in [0.05, 0.1) is 13.2 Å². The van der Waals surface area contributed by atoms with Crippen molar-refractivity contribution >= 4 is 23.9 Å². The fourth-order valence-corrected chi connectivity index (χ4v) is 3.94. The first-order chi connectivity index (χ1) is 17.9. The number of amides is 2. The topological polar surface area (TPSA) is 95.1 Å². The van der Waals surface area contributed by atoms with Crippen LogP contribution in [0.1, 0.15) is 18.1 Å². The van der Waals surface area contributed by atoms with Crippen LogP contribution in [-0.4, -0.2) is 45.2 Å². The molecule has 2 N–H and O–H groups in total. The first-order valence-electron chi connectivity index (χ1n) is 11.8. The van der Waals surface area contributed by atoms with Crippen LogP contribution in [0.3, 0.4) is 0 Å². The zero-order chi connectivity index (χ0) is 27.0. The maximum atomic E-state index is 11.1. The second kappa shape index (κ2) is 16.0. The van der Waals surface area contributed by atoms with Gasteiger partial charge in [-0.2, -0.15) is 0 Å². The Hall–Kier alpha value is -3.85. The molecule has 0 heterocycles. The summed E-state index contributed by atoms with van der Waals surface area (Å²) in [7, 11) is 1.54. The fraction of sp³-hybridized carbons (Fsp3) is 0.286. The smallest absolute Gasteiger partial charge is 0.412 e. The SMILES string of the molecule is CCOC(=O)NCCOc1ccc(Oc2ccccc2)cc1.CNC(=O)Oc1cc(C)c(SC)c(C)c1. The van der Waals surface area contributed by atoms with E-state index in [2.05, 4.69) is 10.6 Å². The number of thioether (sulfide) groups is 1. The number of ether oxygens (including phenoxy) is 4. The Balaban J connectivity index is 0.000000281. The van der Waals surface area contributed by atoms with Crippen LogP contribution in [0, 0.1) is 13.8 Å². The Morgan fingerprint density at radius 1 is 0.838 bits per heavy atom. The first kappa shape index (κ1) is 29.4. The third kappa shape index (κ3) is 10.7. The number of para-hydroxylation sites is 1. The minimum Gasteiger partial charge on any atom is -0.492 e. The molecule has 0 aliphatic heterocycles. The number of hydrogen-bond acceptors (Lipinski definition) is 7. The fourth-order valence-electron chi connectivity index (χ4n) is 3.18. The van der Waals surface area contributed by atoms with Gasteiger partial charge in [0, 0.05) is 11.9 Å². The van der Waals surface area contributed by atoms with Crippen molar-refractivity contribution < 1.29 is 28.5 Å². The van der Waals surface area contributed by atoms with Crippen molar-refractivity contribution in [3.63, 3.8) is 0 Å². The van der Waals surface area contributed by atoms with E-state index in [1.807, 2.05) is 86.8 Å². The third-order valence-corrected chi connectivity index (χ3v) is 5.82. The number of carbonyl (C=O) groups excluding carboxylic acids is 2. The molecule has 0 spiro atoms. The molecule has 3 aromatic rings. The monoisotopic (exact) mass is 526 g/mol. The molecule has 0 aliphatic carbocycles. The van der Waals surface area contributed by atoms with Crippen molar-refractivity contribution in [3.8, 4) is 23.0 Å². The predicted octanol–water partition coefficient (Wildman–Crippen LogP) is 6.35. The Labute approximate surface area is 222 Å². The number of nitrogens with one attached hydrogen (secondary N) is 2. The van der Waals surface area contributed by atoms with Gasteiger partial charge in [0.2, 0.25) is 0 Å². The molecule has 8 nitrogen and oxygen atoms in total. The van der Waals surface area contributed by atoms with E-state index in [1.165, 1.54) is 11.9 Å². The second-order valence-electron chi connectivity index (χ2n) is 7.61. The van der Waals surface area contributed by atoms with Gasteiger partial charge in [-0.15, -0.1) is 11.8 Å². The molecule has 0 saturated carbocycles. The van der Waals surface area contributed by atoms with Gasteiger partial charge in [-0.05, 0) is 86.7 Å². The highest BCUT2D eigenvalue weighted by atomic mass is 32.2. The summed E-state index contributed by atoms with van der Waals surface area (Å²) in [5, 5.41) is 5.00. The van der Waals surface area contributed by atoms with Crippen LogP contribution < -0.4 is 24.8 Å². The molecule has 0 aliphatic rings. The van der Waals surface area contributed by atoms with Crippen molar-refractivity contribution in [1.82, 2.24) is 10.6 Å². The van der Waals surface area contributed by atoms with E-state index in [0.29, 0.717) is 31.3 Å². The lowest BCUT2D eigenvalue weighted by atomic mass is 10.1. The van der Waals surface area contributed by atoms with Crippen LogP contribution in [0.15, 0.2) is 71.6 Å². The van der Waals surface area contributed by atoms with E-state index in [9.17, 15) is 9.59 Å². The summed E-state index contributed by atoms with van der Waals surface area (Å²) < 4.78 is 21.0. The number of hydrogen-bond donors (Lipinski definition) is 2. The normalized spacial score (nSPS) is 9.86. The lowest BCUT2D eigenvalue weighted by Crippen LogP contribution is -2.28. The molecule has 2 amide bonds. The molecule has 0 bridgehead atoms. The number of alkyl carbamates (subject to hydrolysis) is 1. The van der Waals surface area contributed by atoms with Gasteiger partial charge in [-0.25, -0.2) is 9.59 Å². The Morgan fingerprint density at radius 2 is 1.43 bits per heavy atom. The highest BCUT2D eigenvalue weighted by Crippen LogP contribution is 2.28. The number of benzene rings is 3. The molecule has 9 heteroatoms. The molecule has 3 rings (SSSR count). The van der Waals surface area contributed by atoms with Crippen LogP contribution in [-0.2, 0) is 4.74 Å². The largest absolute Gasteiger partial charge is 0.492 e. The van der Waals surface area contributed by atoms with Crippen LogP contribution in [0.2, 0.25) is 0 Å². The van der Waals surface area contributed by atoms with Gasteiger partial charge in [0.15, 0.2) is 0 Å². The van der Waals surface area contributed by atoms with Crippen LogP contribution in [0.25, 0.3) is 0 Å². The summed E-state index contributed by atoms with van der Waals surface area (Å²) in [4.78, 5) is 23.3. The summed E-state index contributed by atoms with van der Waals surface area (Å²) in [6, 6.07) is 20.6. The standard InChI is InChI=1S/C17H19NO4.C11H15NO2S/c1-2-20-17(19)18-12-13-21-14-8-10-16(11-9-14)22-15-6-4-3-5-7-15;1-7-5-9(14-11(13)12-3)6-8(2)10(7)15-4/h3-11H,2,12-13H2,1H3,(H,18,19);5-6H,1-4H3,(H,12,13). The molecular formula is C28H34N2O6S. The number of carbonyl (C=O) groups is 2. The lowest BCUT2D eigenvalue weighted by molar-refractivity contribution is 0.150. The first-order valence-corrected chi connectivity index (χ1v) is 13.0. The predicted molar refractivity (Wildman–Crippen MR) is 146 cm³/mol. The summed E-state index contributed by atoms with van der Waals surface area (Å²) in [6.07, 6.45) is 1.16. The lowest BCUT2D eigenvalue weighted by Gasteiger charge is -2.10. The van der Waals surface area contributed by atoms with E-state index in [-0.39, 0.29) is 0 Å². The molecule has 3 aromatic carbocycles. The number of aryl methyl sites for hydroxylation is 2. The third-order valence-electron chi connectivity index (χ3n) is 4.77. The Bertz CT molecular complexity index is 1100. The van der Waals surface area contributed by atoms with E-state index in [4.69, 9.17) is 18.9 Å². The second-order valence-corrected chi connectivity index (χ2v) is 8.43. The molecule has 0 aromatic heterocycles. The summed E-state index contributed by atoms with van der Waals surface area (Å²) >= 11 is 1.70. The highest BCUT2D eigenvalue weighted by molar-refractivity contribution is 7.98. The van der Waals surface area contributed by atoms with Crippen molar-refractivity contribution in [3.05, 3.63) is 77.9 Å². The van der Waals surface area contributed by atoms with E-state index in [1.54, 1.807) is 18.7 Å². The quantitative estimate of drug-likeness (QED) is 0.248. The van der Waals surface area contributed by atoms with Crippen molar-refractivity contribution in [2.45, 2.75) is 25.7 Å². The molecule has 198 valence electrons. The maximum absolute atomic E-state index is 11.1. The molecule has 0 fully saturated rings. The average molecular weight is 527 g/mol. The van der Waals surface area contributed by atoms with Crippen molar-refractivity contribution in [2.24, 2.45) is 0 Å². The van der Waals surface area contributed by atoms with Crippen LogP contribution >= 0.6 is 11.8 Å². The van der Waals surface area contributed by atoms with E-state index >= 15 is 0 Å². The van der Waals surface area contributed by atoms with Crippen LogP contribution in [0.4, 0.5) is 9.59 Å². The minimum atomic E-state index is -0.439. The maximum Gasteiger partial charge on any atom is 0.412 e. The minimum absolute atomic E-state index is 0.357. The molecule has 0 saturated heterocycles. The van der Waals surface area contributed by atoms with Gasteiger partial charge in [0.1, 0.15) is 29.6 Å². The van der Waals surface area contributed by atoms with Crippen molar-refractivity contribution in [1.29, 1.82) is 0 Å². The molecule has 0 radical (unpaired) electrons. The van der Waals surface area contributed by atoms with E-state index < -0.39 is 12.2 Å². The Morgan fingerprint density at radius 3 is 2.00 bits per heavy atom. The molecule has 0 unspecified atom stereocenters. The van der Waals surface area contributed by atoms with Gasteiger partial charge in [0.25, 0.3) is 0 Å². The van der Waals surface area contributed by atoms with Gasteiger partial charge >= 0.3 is 12.2 Å². The highest BCUT2D eigenvalue weighted by Gasteiger charge is 2.07. The summed E-state index contributed by atoms with van der Waals surface area (Å²) in [6.45, 7) is 6.90. The summed E-state index contributed by atoms with van der Waals surface area (Å²) in [5.74, 6) is 2.83. The summed E-state index contributed by atoms with van der Waals surface area (Å²) in [5.41, 5.74) is 2.25. The van der Waals surface area contributed by atoms with Crippen LogP contribution in [0.5, 0.6) is 23.0 Å². The zero-order valence-corrected chi connectivity index (χ0v) is 22.6. The van der Waals surface area contributed by atoms with E-state index in [0.717, 1.165) is 22.6 Å². The van der Waals surface area contributed by atoms with Gasteiger partial charge < -0.3 is 29.6 Å². The number of rotatable bonds is 9. The van der Waals surface area contributed by atoms with Crippen molar-refractivity contribution in [2.75, 3.05) is 33.1 Å². The molecule has 0 atom stereocenters.